The monoisotopic (exact) mass is 406 g/mol. The van der Waals surface area contributed by atoms with Gasteiger partial charge in [-0.25, -0.2) is 0 Å². The first-order valence-electron chi connectivity index (χ1n) is 11.2. The van der Waals surface area contributed by atoms with Crippen molar-refractivity contribution in [3.8, 4) is 11.5 Å². The maximum absolute atomic E-state index is 12.9. The van der Waals surface area contributed by atoms with Gasteiger partial charge in [-0.1, -0.05) is 43.2 Å². The number of aromatic hydroxyl groups is 1. The lowest BCUT2D eigenvalue weighted by atomic mass is 9.63. The maximum Gasteiger partial charge on any atom is 0.177 e. The van der Waals surface area contributed by atoms with Crippen molar-refractivity contribution in [3.05, 3.63) is 59.2 Å². The lowest BCUT2D eigenvalue weighted by molar-refractivity contribution is -0.111. The Morgan fingerprint density at radius 2 is 1.93 bits per heavy atom. The van der Waals surface area contributed by atoms with Gasteiger partial charge < -0.3 is 14.6 Å². The molecule has 0 saturated heterocycles. The van der Waals surface area contributed by atoms with E-state index in [-0.39, 0.29) is 29.5 Å². The summed E-state index contributed by atoms with van der Waals surface area (Å²) in [5, 5.41) is 10.6. The van der Waals surface area contributed by atoms with Gasteiger partial charge in [0.1, 0.15) is 17.8 Å². The Balaban J connectivity index is 1.48. The second-order valence-electron chi connectivity index (χ2n) is 8.79. The molecule has 4 atom stereocenters. The number of aldehydes is 1. The fraction of sp³-hybridized carbons (Fsp3) is 0.462. The standard InChI is InChI=1S/C26H30O4/c1-17(8-7-11-18-9-3-2-4-10-18)30-19-14-22-20-12-5-6-13-21(20)23(16-27)26(29)25(22)24(28)15-19/h2-4,9-10,14-17,20-21,23,28H,5-8,11-13H2,1H3. The number of carbonyl (C=O) groups excluding carboxylic acids is 2. The van der Waals surface area contributed by atoms with Crippen molar-refractivity contribution in [2.24, 2.45) is 11.8 Å². The van der Waals surface area contributed by atoms with Crippen molar-refractivity contribution < 1.29 is 19.4 Å². The molecule has 0 aromatic heterocycles. The van der Waals surface area contributed by atoms with E-state index in [4.69, 9.17) is 4.74 Å². The van der Waals surface area contributed by atoms with Gasteiger partial charge in [0.25, 0.3) is 0 Å². The SMILES string of the molecule is CC(CCCc1ccccc1)Oc1cc(O)c2c(c1)C1CCCCC1C(C=O)C2=O. The van der Waals surface area contributed by atoms with Gasteiger partial charge in [-0.2, -0.15) is 0 Å². The molecule has 1 saturated carbocycles. The number of aryl methyl sites for hydroxylation is 1. The summed E-state index contributed by atoms with van der Waals surface area (Å²) >= 11 is 0. The number of phenolic OH excluding ortho intramolecular Hbond substituents is 1. The van der Waals surface area contributed by atoms with Crippen LogP contribution in [0.4, 0.5) is 0 Å². The molecular formula is C26H30O4. The van der Waals surface area contributed by atoms with E-state index in [0.717, 1.165) is 56.8 Å². The number of hydrogen-bond acceptors (Lipinski definition) is 4. The van der Waals surface area contributed by atoms with Crippen LogP contribution >= 0.6 is 0 Å². The molecule has 0 bridgehead atoms. The minimum Gasteiger partial charge on any atom is -0.507 e. The van der Waals surface area contributed by atoms with Crippen LogP contribution in [0.1, 0.15) is 72.9 Å². The Kier molecular flexibility index (Phi) is 6.21. The first-order valence-corrected chi connectivity index (χ1v) is 11.2. The number of rotatable bonds is 7. The van der Waals surface area contributed by atoms with Crippen molar-refractivity contribution in [2.45, 2.75) is 63.9 Å². The van der Waals surface area contributed by atoms with E-state index < -0.39 is 5.92 Å². The first kappa shape index (κ1) is 20.6. The average Bonchev–Trinajstić information content (AvgIpc) is 2.74. The van der Waals surface area contributed by atoms with Crippen molar-refractivity contribution >= 4 is 12.1 Å². The van der Waals surface area contributed by atoms with Crippen LogP contribution in [0.2, 0.25) is 0 Å². The second kappa shape index (κ2) is 9.03. The molecule has 30 heavy (non-hydrogen) atoms. The number of ether oxygens (including phenoxy) is 1. The number of fused-ring (bicyclic) bond motifs is 3. The molecule has 4 rings (SSSR count). The summed E-state index contributed by atoms with van der Waals surface area (Å²) in [6.45, 7) is 2.04. The molecular weight excluding hydrogens is 376 g/mol. The quantitative estimate of drug-likeness (QED) is 0.489. The average molecular weight is 407 g/mol. The van der Waals surface area contributed by atoms with Crippen LogP contribution in [-0.4, -0.2) is 23.3 Å². The van der Waals surface area contributed by atoms with Gasteiger partial charge in [-0.15, -0.1) is 0 Å². The molecule has 2 aromatic rings. The molecule has 2 aromatic carbocycles. The Morgan fingerprint density at radius 1 is 1.17 bits per heavy atom. The molecule has 0 aliphatic heterocycles. The number of hydrogen-bond donors (Lipinski definition) is 1. The van der Waals surface area contributed by atoms with Gasteiger partial charge in [0.2, 0.25) is 0 Å². The van der Waals surface area contributed by atoms with Gasteiger partial charge in [0, 0.05) is 6.07 Å². The molecule has 0 spiro atoms. The molecule has 2 aliphatic carbocycles. The van der Waals surface area contributed by atoms with Crippen LogP contribution in [0.3, 0.4) is 0 Å². The van der Waals surface area contributed by atoms with Gasteiger partial charge in [0.15, 0.2) is 5.78 Å². The Morgan fingerprint density at radius 3 is 2.70 bits per heavy atom. The molecule has 2 aliphatic rings. The molecule has 0 radical (unpaired) electrons. The highest BCUT2D eigenvalue weighted by molar-refractivity contribution is 6.09. The maximum atomic E-state index is 12.9. The molecule has 0 heterocycles. The summed E-state index contributed by atoms with van der Waals surface area (Å²) in [7, 11) is 0. The summed E-state index contributed by atoms with van der Waals surface area (Å²) < 4.78 is 6.13. The summed E-state index contributed by atoms with van der Waals surface area (Å²) in [6, 6.07) is 13.9. The van der Waals surface area contributed by atoms with Gasteiger partial charge >= 0.3 is 0 Å². The normalized spacial score (nSPS) is 23.9. The Labute approximate surface area is 178 Å². The summed E-state index contributed by atoms with van der Waals surface area (Å²) in [5.74, 6) is -0.112. The summed E-state index contributed by atoms with van der Waals surface area (Å²) in [6.07, 6.45) is 7.71. The molecule has 4 unspecified atom stereocenters. The van der Waals surface area contributed by atoms with Crippen LogP contribution in [0.5, 0.6) is 11.5 Å². The number of ketones is 1. The summed E-state index contributed by atoms with van der Waals surface area (Å²) in [5.41, 5.74) is 2.52. The molecule has 1 N–H and O–H groups in total. The largest absolute Gasteiger partial charge is 0.507 e. The minimum atomic E-state index is -0.627. The zero-order valence-electron chi connectivity index (χ0n) is 17.5. The van der Waals surface area contributed by atoms with E-state index in [2.05, 4.69) is 24.3 Å². The number of phenols is 1. The molecule has 0 amide bonds. The molecule has 4 nitrogen and oxygen atoms in total. The third kappa shape index (κ3) is 4.14. The molecule has 1 fully saturated rings. The van der Waals surface area contributed by atoms with Crippen molar-refractivity contribution in [2.75, 3.05) is 0 Å². The minimum absolute atomic E-state index is 0.00957. The zero-order valence-corrected chi connectivity index (χ0v) is 17.5. The van der Waals surface area contributed by atoms with E-state index >= 15 is 0 Å². The van der Waals surface area contributed by atoms with Gasteiger partial charge in [-0.05, 0) is 68.1 Å². The number of benzene rings is 2. The predicted molar refractivity (Wildman–Crippen MR) is 116 cm³/mol. The van der Waals surface area contributed by atoms with Gasteiger partial charge in [-0.3, -0.25) is 4.79 Å². The highest BCUT2D eigenvalue weighted by atomic mass is 16.5. The van der Waals surface area contributed by atoms with Crippen LogP contribution in [0.15, 0.2) is 42.5 Å². The number of carbonyl (C=O) groups is 2. The molecule has 4 heteroatoms. The lowest BCUT2D eigenvalue weighted by Gasteiger charge is -2.40. The van der Waals surface area contributed by atoms with Gasteiger partial charge in [0.05, 0.1) is 17.6 Å². The zero-order chi connectivity index (χ0) is 21.1. The van der Waals surface area contributed by atoms with Crippen LogP contribution in [0.25, 0.3) is 0 Å². The van der Waals surface area contributed by atoms with E-state index in [1.807, 2.05) is 19.1 Å². The summed E-state index contributed by atoms with van der Waals surface area (Å²) in [4.78, 5) is 24.5. The third-order valence-electron chi connectivity index (χ3n) is 6.75. The Hall–Kier alpha value is -2.62. The second-order valence-corrected chi connectivity index (χ2v) is 8.79. The topological polar surface area (TPSA) is 63.6 Å². The van der Waals surface area contributed by atoms with E-state index in [0.29, 0.717) is 11.3 Å². The van der Waals surface area contributed by atoms with E-state index in [1.54, 1.807) is 0 Å². The fourth-order valence-electron chi connectivity index (χ4n) is 5.28. The van der Waals surface area contributed by atoms with Crippen LogP contribution < -0.4 is 4.74 Å². The highest BCUT2D eigenvalue weighted by Crippen LogP contribution is 2.50. The van der Waals surface area contributed by atoms with Crippen molar-refractivity contribution in [1.82, 2.24) is 0 Å². The highest BCUT2D eigenvalue weighted by Gasteiger charge is 2.44. The predicted octanol–water partition coefficient (Wildman–Crippen LogP) is 5.47. The molecule has 158 valence electrons. The first-order chi connectivity index (χ1) is 14.6. The van der Waals surface area contributed by atoms with Crippen molar-refractivity contribution in [3.63, 3.8) is 0 Å². The van der Waals surface area contributed by atoms with Crippen LogP contribution in [-0.2, 0) is 11.2 Å². The van der Waals surface area contributed by atoms with Crippen LogP contribution in [0, 0.1) is 11.8 Å². The Bertz CT molecular complexity index is 905. The van der Waals surface area contributed by atoms with E-state index in [1.165, 1.54) is 11.6 Å². The fourth-order valence-corrected chi connectivity index (χ4v) is 5.28. The van der Waals surface area contributed by atoms with E-state index in [9.17, 15) is 14.7 Å². The number of Topliss-reactive ketones (excluding diaryl/α,β-unsaturated/α-hetero) is 1. The smallest absolute Gasteiger partial charge is 0.177 e. The third-order valence-corrected chi connectivity index (χ3v) is 6.75. The lowest BCUT2D eigenvalue weighted by Crippen LogP contribution is -2.37. The van der Waals surface area contributed by atoms with Crippen molar-refractivity contribution in [1.29, 1.82) is 0 Å².